The molecule has 1 atom stereocenters. The molecule has 0 spiro atoms. The van der Waals surface area contributed by atoms with Gasteiger partial charge in [0.05, 0.1) is 0 Å². The Morgan fingerprint density at radius 1 is 1.25 bits per heavy atom. The van der Waals surface area contributed by atoms with Gasteiger partial charge < -0.3 is 4.90 Å². The molecule has 0 bridgehead atoms. The Balaban J connectivity index is 1.98. The molecule has 0 aromatic rings. The van der Waals surface area contributed by atoms with Crippen LogP contribution in [0, 0.1) is 0 Å². The average Bonchev–Trinajstić information content (AvgIpc) is 2.63. The number of hydrogen-bond acceptors (Lipinski definition) is 3. The topological polar surface area (TPSA) is 40.6 Å². The zero-order chi connectivity index (χ0) is 11.8. The number of ketones is 1. The summed E-state index contributed by atoms with van der Waals surface area (Å²) in [5, 5.41) is 0. The summed E-state index contributed by atoms with van der Waals surface area (Å²) in [6, 6.07) is 0. The third-order valence-electron chi connectivity index (χ3n) is 3.98. The normalized spacial score (nSPS) is 32.1. The van der Waals surface area contributed by atoms with Crippen LogP contribution in [-0.4, -0.2) is 53.2 Å². The molecule has 0 aliphatic carbocycles. The fraction of sp³-hybridized carbons (Fsp3) is 0.833. The summed E-state index contributed by atoms with van der Waals surface area (Å²) in [6.07, 6.45) is 2.38. The lowest BCUT2D eigenvalue weighted by molar-refractivity contribution is -0.129. The Morgan fingerprint density at radius 3 is 2.38 bits per heavy atom. The number of hydrogen-bond donors (Lipinski definition) is 0. The summed E-state index contributed by atoms with van der Waals surface area (Å²) in [6.45, 7) is 7.24. The van der Waals surface area contributed by atoms with Crippen molar-refractivity contribution in [1.82, 2.24) is 9.80 Å². The molecule has 2 rings (SSSR count). The Bertz CT molecular complexity index is 306. The van der Waals surface area contributed by atoms with E-state index in [1.807, 2.05) is 4.90 Å². The fourth-order valence-electron chi connectivity index (χ4n) is 2.77. The van der Waals surface area contributed by atoms with Crippen molar-refractivity contribution >= 4 is 11.7 Å². The molecule has 90 valence electrons. The first-order valence-electron chi connectivity index (χ1n) is 6.03. The molecule has 0 radical (unpaired) electrons. The van der Waals surface area contributed by atoms with Crippen molar-refractivity contribution in [2.24, 2.45) is 0 Å². The molecule has 2 fully saturated rings. The molecule has 16 heavy (non-hydrogen) atoms. The predicted octanol–water partition coefficient (Wildman–Crippen LogP) is 0.662. The number of likely N-dealkylation sites (tertiary alicyclic amines) is 2. The molecule has 0 saturated carbocycles. The highest BCUT2D eigenvalue weighted by molar-refractivity contribution is 5.79. The van der Waals surface area contributed by atoms with E-state index in [4.69, 9.17) is 0 Å². The van der Waals surface area contributed by atoms with Crippen LogP contribution in [0.1, 0.15) is 33.1 Å². The molecule has 0 N–H and O–H groups in total. The zero-order valence-corrected chi connectivity index (χ0v) is 10.2. The van der Waals surface area contributed by atoms with E-state index in [9.17, 15) is 9.59 Å². The smallest absolute Gasteiger partial charge is 0.219 e. The molecular formula is C12H20N2O2. The van der Waals surface area contributed by atoms with Gasteiger partial charge in [0, 0.05) is 51.5 Å². The maximum Gasteiger partial charge on any atom is 0.219 e. The van der Waals surface area contributed by atoms with Crippen LogP contribution >= 0.6 is 0 Å². The van der Waals surface area contributed by atoms with E-state index in [2.05, 4.69) is 11.8 Å². The van der Waals surface area contributed by atoms with Crippen molar-refractivity contribution in [3.63, 3.8) is 0 Å². The fourth-order valence-corrected chi connectivity index (χ4v) is 2.77. The van der Waals surface area contributed by atoms with Gasteiger partial charge in [0.2, 0.25) is 5.91 Å². The third-order valence-corrected chi connectivity index (χ3v) is 3.98. The van der Waals surface area contributed by atoms with E-state index in [-0.39, 0.29) is 11.4 Å². The molecule has 1 unspecified atom stereocenters. The van der Waals surface area contributed by atoms with E-state index in [0.717, 1.165) is 32.6 Å². The van der Waals surface area contributed by atoms with Crippen molar-refractivity contribution in [1.29, 1.82) is 0 Å². The molecule has 2 aliphatic rings. The van der Waals surface area contributed by atoms with Crippen molar-refractivity contribution in [2.45, 2.75) is 38.6 Å². The average molecular weight is 224 g/mol. The number of amides is 1. The van der Waals surface area contributed by atoms with Gasteiger partial charge >= 0.3 is 0 Å². The van der Waals surface area contributed by atoms with Crippen molar-refractivity contribution in [3.05, 3.63) is 0 Å². The van der Waals surface area contributed by atoms with Crippen molar-refractivity contribution < 1.29 is 9.59 Å². The van der Waals surface area contributed by atoms with Crippen LogP contribution < -0.4 is 0 Å². The summed E-state index contributed by atoms with van der Waals surface area (Å²) in [5.41, 5.74) is 0.0897. The summed E-state index contributed by atoms with van der Waals surface area (Å²) < 4.78 is 0. The van der Waals surface area contributed by atoms with E-state index in [1.165, 1.54) is 0 Å². The lowest BCUT2D eigenvalue weighted by atomic mass is 9.95. The van der Waals surface area contributed by atoms with Crippen LogP contribution in [0.2, 0.25) is 0 Å². The number of nitrogens with zero attached hydrogens (tertiary/aromatic N) is 2. The highest BCUT2D eigenvalue weighted by Crippen LogP contribution is 2.29. The molecule has 0 aromatic carbocycles. The minimum Gasteiger partial charge on any atom is -0.341 e. The molecule has 0 aromatic heterocycles. The maximum atomic E-state index is 11.3. The Labute approximate surface area is 96.6 Å². The predicted molar refractivity (Wildman–Crippen MR) is 61.1 cm³/mol. The first-order chi connectivity index (χ1) is 7.51. The van der Waals surface area contributed by atoms with Crippen LogP contribution in [0.3, 0.4) is 0 Å². The molecule has 4 nitrogen and oxygen atoms in total. The van der Waals surface area contributed by atoms with Gasteiger partial charge in [-0.05, 0) is 13.3 Å². The monoisotopic (exact) mass is 224 g/mol. The molecule has 2 heterocycles. The first-order valence-corrected chi connectivity index (χ1v) is 6.03. The Morgan fingerprint density at radius 2 is 1.88 bits per heavy atom. The standard InChI is InChI=1S/C12H20N2O2/c1-10(15)13-8-5-12(2,9-13)14-6-3-11(16)4-7-14/h3-9H2,1-2H3. The second-order valence-corrected chi connectivity index (χ2v) is 5.21. The van der Waals surface area contributed by atoms with Gasteiger partial charge in [-0.2, -0.15) is 0 Å². The zero-order valence-electron chi connectivity index (χ0n) is 10.2. The van der Waals surface area contributed by atoms with Crippen LogP contribution in [0.5, 0.6) is 0 Å². The van der Waals surface area contributed by atoms with Gasteiger partial charge in [-0.25, -0.2) is 0 Å². The van der Waals surface area contributed by atoms with Gasteiger partial charge in [-0.15, -0.1) is 0 Å². The van der Waals surface area contributed by atoms with E-state index in [0.29, 0.717) is 18.6 Å². The number of carbonyl (C=O) groups excluding carboxylic acids is 2. The van der Waals surface area contributed by atoms with Gasteiger partial charge in [0.25, 0.3) is 0 Å². The molecule has 2 saturated heterocycles. The highest BCUT2D eigenvalue weighted by Gasteiger charge is 2.40. The molecule has 4 heteroatoms. The number of Topliss-reactive ketones (excluding diaryl/α,β-unsaturated/α-hetero) is 1. The Hall–Kier alpha value is -0.900. The number of rotatable bonds is 1. The second-order valence-electron chi connectivity index (χ2n) is 5.21. The summed E-state index contributed by atoms with van der Waals surface area (Å²) >= 11 is 0. The molecular weight excluding hydrogens is 204 g/mol. The van der Waals surface area contributed by atoms with Gasteiger partial charge in [0.1, 0.15) is 5.78 Å². The van der Waals surface area contributed by atoms with Crippen molar-refractivity contribution in [2.75, 3.05) is 26.2 Å². The van der Waals surface area contributed by atoms with Crippen LogP contribution in [0.4, 0.5) is 0 Å². The minimum absolute atomic E-state index is 0.0897. The third kappa shape index (κ3) is 2.12. The van der Waals surface area contributed by atoms with Gasteiger partial charge in [0.15, 0.2) is 0 Å². The largest absolute Gasteiger partial charge is 0.341 e. The van der Waals surface area contributed by atoms with Crippen LogP contribution in [0.25, 0.3) is 0 Å². The van der Waals surface area contributed by atoms with E-state index >= 15 is 0 Å². The first kappa shape index (κ1) is 11.6. The van der Waals surface area contributed by atoms with E-state index in [1.54, 1.807) is 6.92 Å². The molecule has 2 aliphatic heterocycles. The van der Waals surface area contributed by atoms with Gasteiger partial charge in [-0.3, -0.25) is 14.5 Å². The second kappa shape index (κ2) is 4.17. The highest BCUT2D eigenvalue weighted by atomic mass is 16.2. The van der Waals surface area contributed by atoms with Crippen LogP contribution in [0.15, 0.2) is 0 Å². The van der Waals surface area contributed by atoms with Crippen LogP contribution in [-0.2, 0) is 9.59 Å². The number of piperidine rings is 1. The summed E-state index contributed by atoms with van der Waals surface area (Å²) in [5.74, 6) is 0.540. The SMILES string of the molecule is CC(=O)N1CCC(C)(N2CCC(=O)CC2)C1. The quantitative estimate of drug-likeness (QED) is 0.657. The summed E-state index contributed by atoms with van der Waals surface area (Å²) in [7, 11) is 0. The minimum atomic E-state index is 0.0897. The maximum absolute atomic E-state index is 11.3. The van der Waals surface area contributed by atoms with E-state index < -0.39 is 0 Å². The Kier molecular flexibility index (Phi) is 3.02. The summed E-state index contributed by atoms with van der Waals surface area (Å²) in [4.78, 5) is 26.8. The van der Waals surface area contributed by atoms with Gasteiger partial charge in [-0.1, -0.05) is 0 Å². The lowest BCUT2D eigenvalue weighted by Crippen LogP contribution is -2.52. The molecule has 1 amide bonds. The lowest BCUT2D eigenvalue weighted by Gasteiger charge is -2.40. The van der Waals surface area contributed by atoms with Crippen molar-refractivity contribution in [3.8, 4) is 0 Å². The number of carbonyl (C=O) groups is 2.